The van der Waals surface area contributed by atoms with Crippen LogP contribution in [0.2, 0.25) is 0 Å². The summed E-state index contributed by atoms with van der Waals surface area (Å²) in [7, 11) is 0. The molecule has 0 saturated heterocycles. The van der Waals surface area contributed by atoms with Crippen LogP contribution in [0.5, 0.6) is 0 Å². The maximum Gasteiger partial charge on any atom is 0.0558 e. The first-order valence-corrected chi connectivity index (χ1v) is 5.83. The first kappa shape index (κ1) is 11.8. The largest absolute Gasteiger partial charge is 0.320 e. The van der Waals surface area contributed by atoms with Crippen molar-refractivity contribution in [3.05, 3.63) is 64.5 Å². The Bertz CT molecular complexity index is 495. The molecular formula is C15H18N2. The number of nitrogens with zero attached hydrogens (tertiary/aromatic N) is 1. The monoisotopic (exact) mass is 226 g/mol. The molecule has 0 spiro atoms. The van der Waals surface area contributed by atoms with Gasteiger partial charge in [0, 0.05) is 12.4 Å². The zero-order chi connectivity index (χ0) is 12.4. The highest BCUT2D eigenvalue weighted by Crippen LogP contribution is 2.26. The molecule has 2 heteroatoms. The van der Waals surface area contributed by atoms with Crippen LogP contribution in [0.4, 0.5) is 0 Å². The van der Waals surface area contributed by atoms with E-state index in [1.807, 2.05) is 12.1 Å². The van der Waals surface area contributed by atoms with Gasteiger partial charge in [0.1, 0.15) is 0 Å². The molecule has 1 unspecified atom stereocenters. The summed E-state index contributed by atoms with van der Waals surface area (Å²) in [4.78, 5) is 4.02. The number of nitrogens with two attached hydrogens (primary N) is 1. The van der Waals surface area contributed by atoms with Crippen LogP contribution in [0.15, 0.2) is 36.7 Å². The number of benzene rings is 1. The molecule has 1 heterocycles. The fourth-order valence-electron chi connectivity index (χ4n) is 2.42. The summed E-state index contributed by atoms with van der Waals surface area (Å²) in [5.41, 5.74) is 12.5. The smallest absolute Gasteiger partial charge is 0.0558 e. The van der Waals surface area contributed by atoms with E-state index >= 15 is 0 Å². The third-order valence-electron chi connectivity index (χ3n) is 3.11. The van der Waals surface area contributed by atoms with Gasteiger partial charge in [-0.1, -0.05) is 17.7 Å². The zero-order valence-electron chi connectivity index (χ0n) is 10.6. The molecule has 0 saturated carbocycles. The van der Waals surface area contributed by atoms with Gasteiger partial charge >= 0.3 is 0 Å². The third-order valence-corrected chi connectivity index (χ3v) is 3.11. The SMILES string of the molecule is Cc1cc(C)c(C(N)c2ccncc2)c(C)c1. The molecule has 0 aliphatic rings. The van der Waals surface area contributed by atoms with E-state index in [-0.39, 0.29) is 6.04 Å². The standard InChI is InChI=1S/C15H18N2/c1-10-8-11(2)14(12(3)9-10)15(16)13-4-6-17-7-5-13/h4-9,15H,16H2,1-3H3. The number of rotatable bonds is 2. The second-order valence-corrected chi connectivity index (χ2v) is 4.57. The lowest BCUT2D eigenvalue weighted by atomic mass is 9.91. The van der Waals surface area contributed by atoms with E-state index < -0.39 is 0 Å². The highest BCUT2D eigenvalue weighted by atomic mass is 14.7. The molecule has 1 aromatic heterocycles. The van der Waals surface area contributed by atoms with E-state index in [0.717, 1.165) is 5.56 Å². The lowest BCUT2D eigenvalue weighted by Crippen LogP contribution is -2.15. The molecule has 2 rings (SSSR count). The fourth-order valence-corrected chi connectivity index (χ4v) is 2.42. The maximum absolute atomic E-state index is 6.34. The van der Waals surface area contributed by atoms with E-state index in [4.69, 9.17) is 5.73 Å². The molecule has 2 N–H and O–H groups in total. The molecule has 1 aromatic carbocycles. The second kappa shape index (κ2) is 4.68. The van der Waals surface area contributed by atoms with Crippen LogP contribution >= 0.6 is 0 Å². The van der Waals surface area contributed by atoms with Gasteiger partial charge in [-0.3, -0.25) is 4.98 Å². The lowest BCUT2D eigenvalue weighted by Gasteiger charge is -2.18. The van der Waals surface area contributed by atoms with Crippen molar-refractivity contribution in [3.8, 4) is 0 Å². The van der Waals surface area contributed by atoms with Gasteiger partial charge in [-0.05, 0) is 55.2 Å². The summed E-state index contributed by atoms with van der Waals surface area (Å²) in [6, 6.07) is 8.25. The van der Waals surface area contributed by atoms with Crippen LogP contribution in [-0.4, -0.2) is 4.98 Å². The average Bonchev–Trinajstić information content (AvgIpc) is 2.28. The Hall–Kier alpha value is -1.67. The van der Waals surface area contributed by atoms with Gasteiger partial charge in [0.2, 0.25) is 0 Å². The van der Waals surface area contributed by atoms with E-state index in [1.165, 1.54) is 22.3 Å². The van der Waals surface area contributed by atoms with Gasteiger partial charge in [0.15, 0.2) is 0 Å². The molecule has 2 aromatic rings. The van der Waals surface area contributed by atoms with Crippen molar-refractivity contribution < 1.29 is 0 Å². The Balaban J connectivity index is 2.48. The predicted molar refractivity (Wildman–Crippen MR) is 70.9 cm³/mol. The molecule has 1 atom stereocenters. The van der Waals surface area contributed by atoms with Crippen LogP contribution in [0, 0.1) is 20.8 Å². The molecule has 2 nitrogen and oxygen atoms in total. The highest BCUT2D eigenvalue weighted by Gasteiger charge is 2.14. The molecule has 0 bridgehead atoms. The highest BCUT2D eigenvalue weighted by molar-refractivity contribution is 5.43. The minimum atomic E-state index is -0.0707. The third kappa shape index (κ3) is 2.37. The number of hydrogen-bond acceptors (Lipinski definition) is 2. The molecule has 0 amide bonds. The van der Waals surface area contributed by atoms with Crippen LogP contribution in [0.3, 0.4) is 0 Å². The fraction of sp³-hybridized carbons (Fsp3) is 0.267. The molecule has 88 valence electrons. The van der Waals surface area contributed by atoms with Crippen molar-refractivity contribution in [2.75, 3.05) is 0 Å². The summed E-state index contributed by atoms with van der Waals surface area (Å²) in [5, 5.41) is 0. The number of aromatic nitrogens is 1. The molecule has 0 aliphatic carbocycles. The summed E-state index contributed by atoms with van der Waals surface area (Å²) in [6.07, 6.45) is 3.57. The van der Waals surface area contributed by atoms with Crippen LogP contribution in [0.1, 0.15) is 33.9 Å². The van der Waals surface area contributed by atoms with Crippen LogP contribution in [0.25, 0.3) is 0 Å². The first-order valence-electron chi connectivity index (χ1n) is 5.83. The van der Waals surface area contributed by atoms with Gasteiger partial charge < -0.3 is 5.73 Å². The quantitative estimate of drug-likeness (QED) is 0.854. The van der Waals surface area contributed by atoms with Gasteiger partial charge in [-0.2, -0.15) is 0 Å². The van der Waals surface area contributed by atoms with Crippen molar-refractivity contribution in [2.24, 2.45) is 5.73 Å². The summed E-state index contributed by atoms with van der Waals surface area (Å²) < 4.78 is 0. The summed E-state index contributed by atoms with van der Waals surface area (Å²) in [6.45, 7) is 6.36. The number of aryl methyl sites for hydroxylation is 3. The minimum Gasteiger partial charge on any atom is -0.320 e. The predicted octanol–water partition coefficient (Wildman–Crippen LogP) is 3.05. The van der Waals surface area contributed by atoms with Gasteiger partial charge in [0.25, 0.3) is 0 Å². The molecule has 0 fully saturated rings. The molecule has 0 aliphatic heterocycles. The van der Waals surface area contributed by atoms with E-state index in [9.17, 15) is 0 Å². The van der Waals surface area contributed by atoms with Crippen molar-refractivity contribution >= 4 is 0 Å². The lowest BCUT2D eigenvalue weighted by molar-refractivity contribution is 0.847. The Labute approximate surface area is 103 Å². The maximum atomic E-state index is 6.34. The van der Waals surface area contributed by atoms with Gasteiger partial charge in [0.05, 0.1) is 6.04 Å². The van der Waals surface area contributed by atoms with Crippen molar-refractivity contribution in [3.63, 3.8) is 0 Å². The average molecular weight is 226 g/mol. The molecule has 0 radical (unpaired) electrons. The topological polar surface area (TPSA) is 38.9 Å². The normalized spacial score (nSPS) is 12.5. The van der Waals surface area contributed by atoms with Crippen molar-refractivity contribution in [1.29, 1.82) is 0 Å². The van der Waals surface area contributed by atoms with E-state index in [0.29, 0.717) is 0 Å². The van der Waals surface area contributed by atoms with E-state index in [1.54, 1.807) is 12.4 Å². The zero-order valence-corrected chi connectivity index (χ0v) is 10.6. The van der Waals surface area contributed by atoms with Crippen LogP contribution in [-0.2, 0) is 0 Å². The Morgan fingerprint density at radius 1 is 1.00 bits per heavy atom. The van der Waals surface area contributed by atoms with Gasteiger partial charge in [-0.25, -0.2) is 0 Å². The Morgan fingerprint density at radius 3 is 2.06 bits per heavy atom. The summed E-state index contributed by atoms with van der Waals surface area (Å²) in [5.74, 6) is 0. The van der Waals surface area contributed by atoms with Crippen molar-refractivity contribution in [2.45, 2.75) is 26.8 Å². The van der Waals surface area contributed by atoms with Crippen LogP contribution < -0.4 is 5.73 Å². The van der Waals surface area contributed by atoms with Gasteiger partial charge in [-0.15, -0.1) is 0 Å². The van der Waals surface area contributed by atoms with Crippen molar-refractivity contribution in [1.82, 2.24) is 4.98 Å². The van der Waals surface area contributed by atoms with E-state index in [2.05, 4.69) is 37.9 Å². The Kier molecular flexibility index (Phi) is 3.25. The second-order valence-electron chi connectivity index (χ2n) is 4.57. The molecular weight excluding hydrogens is 208 g/mol. The number of hydrogen-bond donors (Lipinski definition) is 1. The molecule has 17 heavy (non-hydrogen) atoms. The summed E-state index contributed by atoms with van der Waals surface area (Å²) >= 11 is 0. The number of pyridine rings is 1. The first-order chi connectivity index (χ1) is 8.09. The Morgan fingerprint density at radius 2 is 1.53 bits per heavy atom. The minimum absolute atomic E-state index is 0.0707.